The Balaban J connectivity index is 1.61. The molecule has 3 aromatic rings. The van der Waals surface area contributed by atoms with Crippen LogP contribution in [0, 0.1) is 4.77 Å². The molecule has 0 saturated carbocycles. The minimum Gasteiger partial charge on any atom is -0.497 e. The van der Waals surface area contributed by atoms with Crippen molar-refractivity contribution in [2.24, 2.45) is 0 Å². The maximum atomic E-state index is 12.5. The summed E-state index contributed by atoms with van der Waals surface area (Å²) in [7, 11) is 1.62. The van der Waals surface area contributed by atoms with Gasteiger partial charge < -0.3 is 10.1 Å². The number of rotatable bonds is 8. The normalized spacial score (nSPS) is 11.3. The number of carbonyl (C=O) groups excluding carboxylic acids is 1. The third-order valence-corrected chi connectivity index (χ3v) is 5.59. The van der Waals surface area contributed by atoms with Gasteiger partial charge >= 0.3 is 0 Å². The van der Waals surface area contributed by atoms with Crippen LogP contribution in [0.3, 0.4) is 0 Å². The lowest BCUT2D eigenvalue weighted by molar-refractivity contribution is -0.121. The zero-order valence-electron chi connectivity index (χ0n) is 17.2. The van der Waals surface area contributed by atoms with E-state index in [1.165, 1.54) is 0 Å². The van der Waals surface area contributed by atoms with Crippen molar-refractivity contribution in [2.75, 3.05) is 13.7 Å². The van der Waals surface area contributed by atoms with Gasteiger partial charge in [-0.05, 0) is 54.2 Å². The first-order chi connectivity index (χ1) is 14.3. The number of hydrogen-bond donors (Lipinski definition) is 2. The van der Waals surface area contributed by atoms with Crippen molar-refractivity contribution in [3.05, 3.63) is 63.9 Å². The van der Waals surface area contributed by atoms with Crippen LogP contribution >= 0.6 is 23.8 Å². The van der Waals surface area contributed by atoms with Crippen LogP contribution in [0.5, 0.6) is 5.75 Å². The van der Waals surface area contributed by atoms with Gasteiger partial charge in [0.25, 0.3) is 0 Å². The van der Waals surface area contributed by atoms with Crippen LogP contribution in [0.15, 0.2) is 48.5 Å². The van der Waals surface area contributed by atoms with E-state index >= 15 is 0 Å². The summed E-state index contributed by atoms with van der Waals surface area (Å²) in [6.45, 7) is 5.13. The molecule has 158 valence electrons. The third kappa shape index (κ3) is 5.29. The second kappa shape index (κ2) is 9.45. The van der Waals surface area contributed by atoms with Gasteiger partial charge in [0.2, 0.25) is 5.91 Å². The predicted molar refractivity (Wildman–Crippen MR) is 122 cm³/mol. The molecule has 1 heterocycles. The van der Waals surface area contributed by atoms with Gasteiger partial charge in [-0.2, -0.15) is 5.10 Å². The molecule has 0 aliphatic rings. The SMILES string of the molecule is COc1ccc(-c2n[nH]c(=S)n2CCC(=O)NCC(C)(C)c2ccc(Cl)cc2)cc1. The zero-order valence-corrected chi connectivity index (χ0v) is 18.8. The second-order valence-electron chi connectivity index (χ2n) is 7.65. The number of amides is 1. The van der Waals surface area contributed by atoms with Gasteiger partial charge in [-0.3, -0.25) is 14.5 Å². The van der Waals surface area contributed by atoms with Crippen molar-refractivity contribution < 1.29 is 9.53 Å². The van der Waals surface area contributed by atoms with Crippen molar-refractivity contribution >= 4 is 29.7 Å². The summed E-state index contributed by atoms with van der Waals surface area (Å²) in [6, 6.07) is 15.3. The molecule has 1 amide bonds. The van der Waals surface area contributed by atoms with E-state index in [1.807, 2.05) is 53.1 Å². The summed E-state index contributed by atoms with van der Waals surface area (Å²) in [5, 5.41) is 10.8. The van der Waals surface area contributed by atoms with Crippen LogP contribution in [-0.4, -0.2) is 34.3 Å². The van der Waals surface area contributed by atoms with Crippen LogP contribution in [0.1, 0.15) is 25.8 Å². The highest BCUT2D eigenvalue weighted by molar-refractivity contribution is 7.71. The lowest BCUT2D eigenvalue weighted by atomic mass is 9.84. The van der Waals surface area contributed by atoms with Crippen LogP contribution in [-0.2, 0) is 16.8 Å². The number of nitrogens with one attached hydrogen (secondary N) is 2. The Morgan fingerprint density at radius 1 is 1.20 bits per heavy atom. The average Bonchev–Trinajstić information content (AvgIpc) is 3.11. The number of aromatic nitrogens is 3. The highest BCUT2D eigenvalue weighted by Gasteiger charge is 2.21. The maximum absolute atomic E-state index is 12.5. The van der Waals surface area contributed by atoms with E-state index in [9.17, 15) is 4.79 Å². The number of aromatic amines is 1. The van der Waals surface area contributed by atoms with Gasteiger partial charge in [0.15, 0.2) is 10.6 Å². The molecule has 6 nitrogen and oxygen atoms in total. The van der Waals surface area contributed by atoms with Crippen molar-refractivity contribution in [3.8, 4) is 17.1 Å². The number of carbonyl (C=O) groups is 1. The fourth-order valence-corrected chi connectivity index (χ4v) is 3.46. The highest BCUT2D eigenvalue weighted by Crippen LogP contribution is 2.24. The molecule has 0 fully saturated rings. The van der Waals surface area contributed by atoms with Crippen molar-refractivity contribution in [1.29, 1.82) is 0 Å². The van der Waals surface area contributed by atoms with Crippen molar-refractivity contribution in [2.45, 2.75) is 32.2 Å². The summed E-state index contributed by atoms with van der Waals surface area (Å²) in [5.41, 5.74) is 1.80. The van der Waals surface area contributed by atoms with Gasteiger partial charge in [0.05, 0.1) is 7.11 Å². The number of benzene rings is 2. The fourth-order valence-electron chi connectivity index (χ4n) is 3.11. The third-order valence-electron chi connectivity index (χ3n) is 5.02. The van der Waals surface area contributed by atoms with Crippen LogP contribution < -0.4 is 10.1 Å². The summed E-state index contributed by atoms with van der Waals surface area (Å²) < 4.78 is 7.51. The molecule has 2 N–H and O–H groups in total. The number of ether oxygens (including phenoxy) is 1. The molecular formula is C22H25ClN4O2S. The molecule has 0 aliphatic heterocycles. The molecule has 0 saturated heterocycles. The van der Waals surface area contributed by atoms with E-state index in [0.717, 1.165) is 16.9 Å². The van der Waals surface area contributed by atoms with Gasteiger partial charge in [-0.1, -0.05) is 37.6 Å². The van der Waals surface area contributed by atoms with E-state index < -0.39 is 0 Å². The average molecular weight is 445 g/mol. The molecule has 8 heteroatoms. The largest absolute Gasteiger partial charge is 0.497 e. The lowest BCUT2D eigenvalue weighted by Crippen LogP contribution is -2.37. The summed E-state index contributed by atoms with van der Waals surface area (Å²) >= 11 is 11.3. The number of hydrogen-bond acceptors (Lipinski definition) is 4. The first-order valence-electron chi connectivity index (χ1n) is 9.62. The van der Waals surface area contributed by atoms with E-state index in [4.69, 9.17) is 28.6 Å². The molecule has 3 rings (SSSR count). The fraction of sp³-hybridized carbons (Fsp3) is 0.318. The van der Waals surface area contributed by atoms with E-state index in [2.05, 4.69) is 29.4 Å². The summed E-state index contributed by atoms with van der Waals surface area (Å²) in [4.78, 5) is 12.5. The first-order valence-corrected chi connectivity index (χ1v) is 10.4. The standard InChI is InChI=1S/C22H25ClN4O2S/c1-22(2,16-6-8-17(23)9-7-16)14-24-19(28)12-13-27-20(25-26-21(27)30)15-4-10-18(29-3)11-5-15/h4-11H,12-14H2,1-3H3,(H,24,28)(H,26,30). The number of nitrogens with zero attached hydrogens (tertiary/aromatic N) is 2. The number of methoxy groups -OCH3 is 1. The van der Waals surface area contributed by atoms with Gasteiger partial charge in [-0.15, -0.1) is 0 Å². The van der Waals surface area contributed by atoms with Gasteiger partial charge in [-0.25, -0.2) is 0 Å². The molecule has 1 aromatic heterocycles. The smallest absolute Gasteiger partial charge is 0.221 e. The zero-order chi connectivity index (χ0) is 21.7. The quantitative estimate of drug-likeness (QED) is 0.491. The van der Waals surface area contributed by atoms with E-state index in [-0.39, 0.29) is 11.3 Å². The Hall–Kier alpha value is -2.64. The van der Waals surface area contributed by atoms with E-state index in [1.54, 1.807) is 7.11 Å². The molecular weight excluding hydrogens is 420 g/mol. The summed E-state index contributed by atoms with van der Waals surface area (Å²) in [6.07, 6.45) is 0.299. The topological polar surface area (TPSA) is 71.9 Å². The molecule has 0 atom stereocenters. The lowest BCUT2D eigenvalue weighted by Gasteiger charge is -2.25. The molecule has 2 aromatic carbocycles. The Morgan fingerprint density at radius 3 is 2.50 bits per heavy atom. The Bertz CT molecular complexity index is 1060. The molecule has 0 aliphatic carbocycles. The van der Waals surface area contributed by atoms with Crippen LogP contribution in [0.4, 0.5) is 0 Å². The van der Waals surface area contributed by atoms with E-state index in [0.29, 0.717) is 35.1 Å². The second-order valence-corrected chi connectivity index (χ2v) is 8.47. The predicted octanol–water partition coefficient (Wildman–Crippen LogP) is 4.75. The molecule has 0 radical (unpaired) electrons. The maximum Gasteiger partial charge on any atom is 0.221 e. The number of H-pyrrole nitrogens is 1. The van der Waals surface area contributed by atoms with Crippen molar-refractivity contribution in [1.82, 2.24) is 20.1 Å². The van der Waals surface area contributed by atoms with Gasteiger partial charge in [0.1, 0.15) is 5.75 Å². The number of halogens is 1. The Kier molecular flexibility index (Phi) is 6.95. The molecule has 0 bridgehead atoms. The molecule has 0 spiro atoms. The molecule has 30 heavy (non-hydrogen) atoms. The van der Waals surface area contributed by atoms with Crippen LogP contribution in [0.2, 0.25) is 5.02 Å². The molecule has 0 unspecified atom stereocenters. The summed E-state index contributed by atoms with van der Waals surface area (Å²) in [5.74, 6) is 1.42. The minimum absolute atomic E-state index is 0.0409. The monoisotopic (exact) mass is 444 g/mol. The Labute approximate surface area is 186 Å². The van der Waals surface area contributed by atoms with Crippen molar-refractivity contribution in [3.63, 3.8) is 0 Å². The minimum atomic E-state index is -0.208. The van der Waals surface area contributed by atoms with Gasteiger partial charge in [0, 0.05) is 35.5 Å². The van der Waals surface area contributed by atoms with Crippen LogP contribution in [0.25, 0.3) is 11.4 Å². The highest BCUT2D eigenvalue weighted by atomic mass is 35.5. The Morgan fingerprint density at radius 2 is 1.87 bits per heavy atom. The first kappa shape index (κ1) is 22.1.